The number of β-amino-alcohol motifs (C(OH)–C–C–N with tert-alkyl or cyclic N) is 1. The van der Waals surface area contributed by atoms with Crippen LogP contribution in [0.4, 0.5) is 17.6 Å². The largest absolute Gasteiger partial charge is 0.497 e. The number of hydrogen-bond acceptors (Lipinski definition) is 7. The highest BCUT2D eigenvalue weighted by Gasteiger charge is 2.48. The molecule has 0 amide bonds. The molecule has 0 saturated carbocycles. The van der Waals surface area contributed by atoms with Gasteiger partial charge in [-0.2, -0.15) is 13.2 Å². The molecule has 0 aliphatic carbocycles. The molecule has 14 heteroatoms. The van der Waals surface area contributed by atoms with Gasteiger partial charge >= 0.3 is 6.18 Å². The van der Waals surface area contributed by atoms with Crippen LogP contribution in [0.15, 0.2) is 42.6 Å². The molecule has 1 aliphatic heterocycles. The van der Waals surface area contributed by atoms with Gasteiger partial charge < -0.3 is 15.6 Å². The van der Waals surface area contributed by atoms with Crippen molar-refractivity contribution in [1.82, 2.24) is 24.5 Å². The Morgan fingerprint density at radius 2 is 1.86 bits per heavy atom. The van der Waals surface area contributed by atoms with Crippen molar-refractivity contribution >= 4 is 41.4 Å². The fourth-order valence-corrected chi connectivity index (χ4v) is 4.30. The molecule has 3 N–H and O–H groups in total. The number of alkyl halides is 3. The number of halogens is 6. The minimum Gasteiger partial charge on any atom is -0.497 e. The van der Waals surface area contributed by atoms with Crippen LogP contribution >= 0.6 is 24.8 Å². The Kier molecular flexibility index (Phi) is 7.96. The molecule has 1 aliphatic rings. The zero-order chi connectivity index (χ0) is 24.2. The quantitative estimate of drug-likeness (QED) is 0.376. The van der Waals surface area contributed by atoms with Crippen LogP contribution in [0, 0.1) is 5.82 Å². The molecule has 36 heavy (non-hydrogen) atoms. The first kappa shape index (κ1) is 27.8. The van der Waals surface area contributed by atoms with Gasteiger partial charge in [0, 0.05) is 36.8 Å². The third kappa shape index (κ3) is 4.91. The van der Waals surface area contributed by atoms with E-state index in [-0.39, 0.29) is 60.6 Å². The topological polar surface area (TPSA) is 102 Å². The number of benzene rings is 1. The first-order valence-electron chi connectivity index (χ1n) is 10.4. The summed E-state index contributed by atoms with van der Waals surface area (Å²) in [5, 5.41) is 18.4. The Hall–Kier alpha value is -2.77. The van der Waals surface area contributed by atoms with E-state index in [2.05, 4.69) is 15.2 Å². The van der Waals surface area contributed by atoms with Gasteiger partial charge in [0.25, 0.3) is 0 Å². The monoisotopic (exact) mass is 548 g/mol. The van der Waals surface area contributed by atoms with E-state index in [1.54, 1.807) is 18.2 Å². The number of fused-ring (bicyclic) bond motifs is 2. The van der Waals surface area contributed by atoms with E-state index >= 15 is 0 Å². The Bertz CT molecular complexity index is 1380. The van der Waals surface area contributed by atoms with Crippen LogP contribution in [-0.2, 0) is 0 Å². The van der Waals surface area contributed by atoms with Gasteiger partial charge in [-0.15, -0.1) is 35.0 Å². The Balaban J connectivity index is 0.00000180. The molecule has 1 fully saturated rings. The van der Waals surface area contributed by atoms with Gasteiger partial charge in [-0.25, -0.2) is 9.37 Å². The average Bonchev–Trinajstić information content (AvgIpc) is 3.34. The van der Waals surface area contributed by atoms with E-state index in [0.29, 0.717) is 16.7 Å². The molecule has 0 spiro atoms. The van der Waals surface area contributed by atoms with Crippen molar-refractivity contribution in [2.75, 3.05) is 20.2 Å². The standard InChI is InChI=1S/C22H20F4N6O2.2ClH/c1-34-13-4-2-11-6-14(23)19(28-16(11)7-13)21-30-29-18-5-3-12(8-32(18)21)20(22(24,25)26)31-9-15(27)17(33)10-31;;/h2-8,15,17,20,33H,9-10,27H2,1H3;2*1H/t15-,17+,20-;;/m1../s1. The second-order valence-electron chi connectivity index (χ2n) is 8.22. The number of hydrogen-bond donors (Lipinski definition) is 2. The predicted octanol–water partition coefficient (Wildman–Crippen LogP) is 3.54. The maximum Gasteiger partial charge on any atom is 0.408 e. The normalized spacial score (nSPS) is 19.2. The summed E-state index contributed by atoms with van der Waals surface area (Å²) in [6.07, 6.45) is -4.49. The second-order valence-corrected chi connectivity index (χ2v) is 8.22. The maximum absolute atomic E-state index is 15.0. The minimum atomic E-state index is -4.64. The van der Waals surface area contributed by atoms with Gasteiger partial charge in [0.1, 0.15) is 17.5 Å². The number of nitrogens with zero attached hydrogens (tertiary/aromatic N) is 5. The zero-order valence-electron chi connectivity index (χ0n) is 18.7. The van der Waals surface area contributed by atoms with Crippen molar-refractivity contribution in [1.29, 1.82) is 0 Å². The lowest BCUT2D eigenvalue weighted by atomic mass is 10.1. The van der Waals surface area contributed by atoms with Crippen molar-refractivity contribution in [3.63, 3.8) is 0 Å². The van der Waals surface area contributed by atoms with Crippen LogP contribution in [0.3, 0.4) is 0 Å². The van der Waals surface area contributed by atoms with Crippen molar-refractivity contribution in [2.24, 2.45) is 5.73 Å². The van der Waals surface area contributed by atoms with Gasteiger partial charge in [0.05, 0.1) is 18.7 Å². The number of nitrogens with two attached hydrogens (primary N) is 1. The summed E-state index contributed by atoms with van der Waals surface area (Å²) in [7, 11) is 1.49. The molecule has 3 atom stereocenters. The first-order valence-corrected chi connectivity index (χ1v) is 10.4. The molecule has 5 rings (SSSR count). The fraction of sp³-hybridized carbons (Fsp3) is 0.318. The number of aliphatic hydroxyl groups excluding tert-OH is 1. The highest BCUT2D eigenvalue weighted by Crippen LogP contribution is 2.39. The van der Waals surface area contributed by atoms with Crippen molar-refractivity contribution in [3.8, 4) is 17.3 Å². The van der Waals surface area contributed by atoms with Crippen LogP contribution in [0.5, 0.6) is 5.75 Å². The van der Waals surface area contributed by atoms with Gasteiger partial charge in [-0.05, 0) is 29.8 Å². The molecule has 8 nitrogen and oxygen atoms in total. The number of likely N-dealkylation sites (tertiary alicyclic amines) is 1. The summed E-state index contributed by atoms with van der Waals surface area (Å²) < 4.78 is 63.7. The number of ether oxygens (including phenoxy) is 1. The van der Waals surface area contributed by atoms with Gasteiger partial charge in [0.15, 0.2) is 17.3 Å². The van der Waals surface area contributed by atoms with E-state index in [0.717, 1.165) is 4.90 Å². The van der Waals surface area contributed by atoms with Crippen LogP contribution < -0.4 is 10.5 Å². The molecule has 3 aromatic heterocycles. The molecule has 0 radical (unpaired) electrons. The van der Waals surface area contributed by atoms with E-state index < -0.39 is 30.2 Å². The average molecular weight is 549 g/mol. The Morgan fingerprint density at radius 1 is 1.11 bits per heavy atom. The molecule has 194 valence electrons. The van der Waals surface area contributed by atoms with Crippen molar-refractivity contribution < 1.29 is 27.4 Å². The van der Waals surface area contributed by atoms with Crippen LogP contribution in [0.2, 0.25) is 0 Å². The molecule has 1 aromatic carbocycles. The molecule has 0 bridgehead atoms. The third-order valence-corrected chi connectivity index (χ3v) is 5.97. The van der Waals surface area contributed by atoms with Crippen LogP contribution in [-0.4, -0.2) is 68.1 Å². The number of aliphatic hydroxyl groups is 1. The lowest BCUT2D eigenvalue weighted by molar-refractivity contribution is -0.184. The highest BCUT2D eigenvalue weighted by atomic mass is 35.5. The summed E-state index contributed by atoms with van der Waals surface area (Å²) in [6.45, 7) is -0.345. The summed E-state index contributed by atoms with van der Waals surface area (Å²) >= 11 is 0. The van der Waals surface area contributed by atoms with Gasteiger partial charge in [0.2, 0.25) is 0 Å². The van der Waals surface area contributed by atoms with Gasteiger partial charge in [-0.1, -0.05) is 6.07 Å². The van der Waals surface area contributed by atoms with E-state index in [1.165, 1.54) is 35.9 Å². The predicted molar refractivity (Wildman–Crippen MR) is 129 cm³/mol. The molecule has 0 unspecified atom stereocenters. The summed E-state index contributed by atoms with van der Waals surface area (Å²) in [5.74, 6) is -0.221. The van der Waals surface area contributed by atoms with Crippen LogP contribution in [0.1, 0.15) is 11.6 Å². The summed E-state index contributed by atoms with van der Waals surface area (Å²) in [6, 6.07) is 6.07. The first-order chi connectivity index (χ1) is 16.2. The van der Waals surface area contributed by atoms with Crippen molar-refractivity contribution in [2.45, 2.75) is 24.4 Å². The minimum absolute atomic E-state index is 0. The molecular weight excluding hydrogens is 527 g/mol. The Labute approximate surface area is 214 Å². The lowest BCUT2D eigenvalue weighted by Gasteiger charge is -2.29. The fourth-order valence-electron chi connectivity index (χ4n) is 4.30. The zero-order valence-corrected chi connectivity index (χ0v) is 20.3. The maximum atomic E-state index is 15.0. The summed E-state index contributed by atoms with van der Waals surface area (Å²) in [4.78, 5) is 5.42. The number of rotatable bonds is 4. The van der Waals surface area contributed by atoms with E-state index in [4.69, 9.17) is 10.5 Å². The smallest absolute Gasteiger partial charge is 0.408 e. The second kappa shape index (κ2) is 10.3. The van der Waals surface area contributed by atoms with E-state index in [1.807, 2.05) is 0 Å². The third-order valence-electron chi connectivity index (χ3n) is 5.97. The number of methoxy groups -OCH3 is 1. The highest BCUT2D eigenvalue weighted by molar-refractivity contribution is 5.85. The van der Waals surface area contributed by atoms with E-state index in [9.17, 15) is 22.7 Å². The molecular formula is C22H22Cl2F4N6O2. The van der Waals surface area contributed by atoms with Gasteiger partial charge in [-0.3, -0.25) is 9.30 Å². The van der Waals surface area contributed by atoms with Crippen LogP contribution in [0.25, 0.3) is 28.1 Å². The summed E-state index contributed by atoms with van der Waals surface area (Å²) in [5.41, 5.74) is 6.12. The Morgan fingerprint density at radius 3 is 2.50 bits per heavy atom. The lowest BCUT2D eigenvalue weighted by Crippen LogP contribution is -2.38. The number of pyridine rings is 2. The molecule has 4 heterocycles. The molecule has 1 saturated heterocycles. The number of aromatic nitrogens is 4. The van der Waals surface area contributed by atoms with Crippen molar-refractivity contribution in [3.05, 3.63) is 54.0 Å². The molecule has 4 aromatic rings. The SMILES string of the molecule is COc1ccc2cc(F)c(-c3nnc4ccc([C@@H](N5C[C@@H](N)[C@@H](O)C5)C(F)(F)F)cn34)nc2c1.Cl.Cl.